The average Bonchev–Trinajstić information content (AvgIpc) is 1.67. The minimum Gasteiger partial charge on any atom is -0.341 e. The molecule has 0 unspecified atom stereocenters. The van der Waals surface area contributed by atoms with E-state index in [1.54, 1.807) is 6.07 Å². The van der Waals surface area contributed by atoms with Gasteiger partial charge in [0.2, 0.25) is 0 Å². The molecule has 0 atom stereocenters. The largest absolute Gasteiger partial charge is 0.341 e. The fourth-order valence-corrected chi connectivity index (χ4v) is 13.0. The summed E-state index contributed by atoms with van der Waals surface area (Å²) in [6.07, 6.45) is 7.94. The number of aryl methyl sites for hydroxylation is 6. The normalized spacial score (nSPS) is 10.9. The molecule has 0 fully saturated rings. The van der Waals surface area contributed by atoms with E-state index in [1.165, 1.54) is 87.0 Å². The minimum atomic E-state index is -0.426. The molecule has 0 radical (unpaired) electrons. The molecule has 4 amide bonds. The summed E-state index contributed by atoms with van der Waals surface area (Å²) in [5.74, 6) is -1.54. The van der Waals surface area contributed by atoms with E-state index in [0.29, 0.717) is 41.0 Å². The van der Waals surface area contributed by atoms with E-state index < -0.39 is 5.82 Å². The number of amides is 4. The van der Waals surface area contributed by atoms with Gasteiger partial charge in [-0.2, -0.15) is 0 Å². The fraction of sp³-hybridized carbons (Fsp3) is 0.106. The van der Waals surface area contributed by atoms with Crippen LogP contribution in [0.15, 0.2) is 316 Å². The topological polar surface area (TPSA) is 136 Å². The summed E-state index contributed by atoms with van der Waals surface area (Å²) in [5, 5.41) is 16.1. The number of carbonyl (C=O) groups excluding carboxylic acids is 4. The molecule has 16 rings (SSSR count). The SMILES string of the molecule is Cc1ccc(Cn2cc(NC(=O)c3ccc(C)cc3)c3ccccc32)cc1.Cc1ccc(Cn2cc(NC(=O)c3ccc(F)cc3)c3ccccc32)cc1.Cc1ccc(Cn2cc(NC(=O)c3cccc(F)c3)c3ccccc32)cc1.Cc1ccc(Cn2cc(NC(=O)c3ccccc3C)c3ccccc32)cc1. The lowest BCUT2D eigenvalue weighted by atomic mass is 10.1. The Hall–Kier alpha value is -13.5. The van der Waals surface area contributed by atoms with Gasteiger partial charge in [-0.3, -0.25) is 19.2 Å². The molecule has 16 aromatic rings. The van der Waals surface area contributed by atoms with Crippen molar-refractivity contribution >= 4 is 90.0 Å². The van der Waals surface area contributed by atoms with Crippen molar-refractivity contribution in [1.29, 1.82) is 0 Å². The van der Waals surface area contributed by atoms with Crippen LogP contribution < -0.4 is 21.3 Å². The molecule has 0 bridgehead atoms. The summed E-state index contributed by atoms with van der Waals surface area (Å²) in [5.41, 5.74) is 21.4. The van der Waals surface area contributed by atoms with Gasteiger partial charge < -0.3 is 39.5 Å². The van der Waals surface area contributed by atoms with E-state index in [9.17, 15) is 28.0 Å². The Morgan fingerprint density at radius 1 is 0.269 bits per heavy atom. The van der Waals surface area contributed by atoms with Crippen LogP contribution in [0.4, 0.5) is 31.5 Å². The number of nitrogens with zero attached hydrogens (tertiary/aromatic N) is 4. The molecule has 0 saturated carbocycles. The number of aromatic nitrogens is 4. The van der Waals surface area contributed by atoms with E-state index in [1.807, 2.05) is 166 Å². The zero-order chi connectivity index (χ0) is 75.2. The summed E-state index contributed by atoms with van der Waals surface area (Å²) in [6.45, 7) is 15.2. The molecule has 0 aliphatic rings. The first-order valence-corrected chi connectivity index (χ1v) is 35.8. The predicted octanol–water partition coefficient (Wildman–Crippen LogP) is 21.9. The van der Waals surface area contributed by atoms with E-state index in [0.717, 1.165) is 84.9 Å². The molecule has 108 heavy (non-hydrogen) atoms. The molecule has 12 aromatic carbocycles. The number of rotatable bonds is 16. The number of fused-ring (bicyclic) bond motifs is 4. The first kappa shape index (κ1) is 72.9. The Bertz CT molecular complexity index is 5670. The molecule has 4 aromatic heterocycles. The summed E-state index contributed by atoms with van der Waals surface area (Å²) in [6, 6.07) is 92.6. The molecular weight excluding hydrogens is 1340 g/mol. The number of hydrogen-bond donors (Lipinski definition) is 4. The van der Waals surface area contributed by atoms with Gasteiger partial charge in [0.15, 0.2) is 0 Å². The number of hydrogen-bond acceptors (Lipinski definition) is 4. The maximum Gasteiger partial charge on any atom is 0.255 e. The molecule has 0 aliphatic carbocycles. The third-order valence-electron chi connectivity index (χ3n) is 18.9. The highest BCUT2D eigenvalue weighted by molar-refractivity contribution is 6.12. The molecule has 0 spiro atoms. The van der Waals surface area contributed by atoms with Crippen molar-refractivity contribution in [2.45, 2.75) is 67.7 Å². The lowest BCUT2D eigenvalue weighted by molar-refractivity contribution is 0.101. The van der Waals surface area contributed by atoms with Gasteiger partial charge in [0.25, 0.3) is 23.6 Å². The molecule has 14 heteroatoms. The maximum atomic E-state index is 13.4. The van der Waals surface area contributed by atoms with Crippen molar-refractivity contribution in [2.24, 2.45) is 0 Å². The number of carbonyl (C=O) groups is 4. The van der Waals surface area contributed by atoms with Gasteiger partial charge in [0.05, 0.1) is 44.8 Å². The number of nitrogens with one attached hydrogen (secondary N) is 4. The number of benzene rings is 12. The van der Waals surface area contributed by atoms with Crippen LogP contribution in [0, 0.1) is 53.2 Å². The van der Waals surface area contributed by atoms with Gasteiger partial charge in [-0.15, -0.1) is 0 Å². The van der Waals surface area contributed by atoms with Crippen LogP contribution in [0.5, 0.6) is 0 Å². The fourth-order valence-electron chi connectivity index (χ4n) is 13.0. The quantitative estimate of drug-likeness (QED) is 0.0766. The Balaban J connectivity index is 0.000000127. The standard InChI is InChI=1S/2C24H22N2O.2C23H19FN2O/c1-17-11-13-19(14-12-17)15-26-16-22(21-9-5-6-10-23(21)26)25-24(27)20-8-4-3-7-18(20)2;1-17-7-11-19(12-8-17)15-26-16-22(21-5-3-4-6-23(21)26)25-24(27)20-13-9-18(2)10-14-20;1-16-9-11-17(12-10-16)14-26-15-21(20-7-2-3-8-22(20)26)25-23(27)18-5-4-6-19(24)13-18;1-16-6-8-17(9-7-16)14-26-15-21(20-4-2-3-5-22(20)26)25-23(27)18-10-12-19(24)13-11-18/h2*3-14,16H,15H2,1-2H3,(H,25,27);2*2-13,15H,14H2,1H3,(H,25,27). The number of halogens is 2. The van der Waals surface area contributed by atoms with E-state index in [2.05, 4.69) is 182 Å². The Labute approximate surface area is 627 Å². The highest BCUT2D eigenvalue weighted by Crippen LogP contribution is 2.32. The van der Waals surface area contributed by atoms with Crippen molar-refractivity contribution in [2.75, 3.05) is 21.3 Å². The predicted molar refractivity (Wildman–Crippen MR) is 436 cm³/mol. The van der Waals surface area contributed by atoms with Crippen molar-refractivity contribution in [3.63, 3.8) is 0 Å². The summed E-state index contributed by atoms with van der Waals surface area (Å²) in [7, 11) is 0. The zero-order valence-electron chi connectivity index (χ0n) is 61.0. The summed E-state index contributed by atoms with van der Waals surface area (Å²) >= 11 is 0. The first-order valence-electron chi connectivity index (χ1n) is 35.8. The molecule has 0 saturated heterocycles. The van der Waals surface area contributed by atoms with Crippen molar-refractivity contribution in [3.8, 4) is 0 Å². The van der Waals surface area contributed by atoms with E-state index >= 15 is 0 Å². The Morgan fingerprint density at radius 3 is 0.870 bits per heavy atom. The van der Waals surface area contributed by atoms with Gasteiger partial charge in [-0.25, -0.2) is 8.78 Å². The van der Waals surface area contributed by atoms with Crippen LogP contribution in [0.25, 0.3) is 43.6 Å². The van der Waals surface area contributed by atoms with E-state index in [-0.39, 0.29) is 29.4 Å². The molecule has 4 heterocycles. The zero-order valence-corrected chi connectivity index (χ0v) is 61.0. The molecule has 4 N–H and O–H groups in total. The van der Waals surface area contributed by atoms with Crippen LogP contribution in [-0.4, -0.2) is 41.9 Å². The third kappa shape index (κ3) is 18.0. The first-order chi connectivity index (χ1) is 52.4. The molecule has 536 valence electrons. The maximum absolute atomic E-state index is 13.4. The highest BCUT2D eigenvalue weighted by atomic mass is 19.1. The highest BCUT2D eigenvalue weighted by Gasteiger charge is 2.19. The monoisotopic (exact) mass is 1420 g/mol. The van der Waals surface area contributed by atoms with Gasteiger partial charge >= 0.3 is 0 Å². The third-order valence-corrected chi connectivity index (χ3v) is 18.9. The lowest BCUT2D eigenvalue weighted by Crippen LogP contribution is -2.13. The van der Waals surface area contributed by atoms with Gasteiger partial charge in [0, 0.05) is 94.8 Å². The number of para-hydroxylation sites is 4. The lowest BCUT2D eigenvalue weighted by Gasteiger charge is -2.06. The molecule has 0 aliphatic heterocycles. The van der Waals surface area contributed by atoms with Gasteiger partial charge in [-0.1, -0.05) is 234 Å². The second kappa shape index (κ2) is 33.5. The van der Waals surface area contributed by atoms with Crippen LogP contribution in [0.3, 0.4) is 0 Å². The Kier molecular flexibility index (Phi) is 22.6. The smallest absolute Gasteiger partial charge is 0.255 e. The van der Waals surface area contributed by atoms with Gasteiger partial charge in [-0.05, 0) is 154 Å². The number of anilines is 4. The van der Waals surface area contributed by atoms with Crippen LogP contribution in [0.2, 0.25) is 0 Å². The average molecular weight is 1430 g/mol. The minimum absolute atomic E-state index is 0.0775. The van der Waals surface area contributed by atoms with Crippen LogP contribution >= 0.6 is 0 Å². The van der Waals surface area contributed by atoms with E-state index in [4.69, 9.17) is 0 Å². The second-order valence-electron chi connectivity index (χ2n) is 27.2. The van der Waals surface area contributed by atoms with Crippen molar-refractivity contribution in [1.82, 2.24) is 18.3 Å². The molecular formula is C94H82F2N8O4. The van der Waals surface area contributed by atoms with Gasteiger partial charge in [0.1, 0.15) is 11.6 Å². The molecule has 12 nitrogen and oxygen atoms in total. The summed E-state index contributed by atoms with van der Waals surface area (Å²) in [4.78, 5) is 50.5. The summed E-state index contributed by atoms with van der Waals surface area (Å²) < 4.78 is 35.1. The van der Waals surface area contributed by atoms with Crippen molar-refractivity contribution < 1.29 is 28.0 Å². The van der Waals surface area contributed by atoms with Crippen molar-refractivity contribution in [3.05, 3.63) is 405 Å². The van der Waals surface area contributed by atoms with Crippen LogP contribution in [0.1, 0.15) is 97.1 Å². The Morgan fingerprint density at radius 2 is 0.546 bits per heavy atom. The van der Waals surface area contributed by atoms with Crippen LogP contribution in [-0.2, 0) is 26.2 Å². The second-order valence-corrected chi connectivity index (χ2v) is 27.2.